The van der Waals surface area contributed by atoms with Crippen molar-refractivity contribution in [3.8, 4) is 0 Å². The predicted octanol–water partition coefficient (Wildman–Crippen LogP) is 3.11. The Labute approximate surface area is 181 Å². The molecule has 3 rings (SSSR count). The lowest BCUT2D eigenvalue weighted by Crippen LogP contribution is -2.30. The van der Waals surface area contributed by atoms with Gasteiger partial charge < -0.3 is 10.1 Å². The van der Waals surface area contributed by atoms with Crippen LogP contribution in [0.3, 0.4) is 0 Å². The summed E-state index contributed by atoms with van der Waals surface area (Å²) in [4.78, 5) is 24.4. The van der Waals surface area contributed by atoms with Crippen LogP contribution < -0.4 is 5.32 Å². The zero-order valence-corrected chi connectivity index (χ0v) is 18.0. The number of amides is 1. The number of ether oxygens (including phenoxy) is 1. The van der Waals surface area contributed by atoms with Crippen LogP contribution in [-0.2, 0) is 30.8 Å². The average Bonchev–Trinajstić information content (AvgIpc) is 3.30. The highest BCUT2D eigenvalue weighted by Crippen LogP contribution is 2.21. The molecule has 0 radical (unpaired) electrons. The van der Waals surface area contributed by atoms with Gasteiger partial charge in [0.15, 0.2) is 6.10 Å². The van der Waals surface area contributed by atoms with E-state index in [1.54, 1.807) is 30.3 Å². The lowest BCUT2D eigenvalue weighted by Gasteiger charge is -2.16. The molecule has 0 aliphatic carbocycles. The van der Waals surface area contributed by atoms with Crippen molar-refractivity contribution in [2.24, 2.45) is 0 Å². The number of esters is 1. The highest BCUT2D eigenvalue weighted by Gasteiger charge is 2.27. The van der Waals surface area contributed by atoms with Gasteiger partial charge in [0, 0.05) is 19.5 Å². The van der Waals surface area contributed by atoms with E-state index < -0.39 is 33.8 Å². The first-order chi connectivity index (χ1) is 14.8. The van der Waals surface area contributed by atoms with Crippen molar-refractivity contribution in [2.45, 2.75) is 43.6 Å². The Hall–Kier alpha value is -2.78. The number of carbonyl (C=O) groups excluding carboxylic acids is 2. The van der Waals surface area contributed by atoms with Gasteiger partial charge in [0.1, 0.15) is 5.82 Å². The molecule has 0 saturated carbocycles. The minimum absolute atomic E-state index is 0.0133. The van der Waals surface area contributed by atoms with Crippen molar-refractivity contribution in [3.05, 3.63) is 59.9 Å². The van der Waals surface area contributed by atoms with Gasteiger partial charge in [0.25, 0.3) is 5.91 Å². The number of anilines is 1. The van der Waals surface area contributed by atoms with Crippen LogP contribution in [0.2, 0.25) is 0 Å². The third-order valence-corrected chi connectivity index (χ3v) is 6.97. The molecule has 166 valence electrons. The number of benzene rings is 2. The Morgan fingerprint density at radius 3 is 2.39 bits per heavy atom. The van der Waals surface area contributed by atoms with Gasteiger partial charge >= 0.3 is 5.97 Å². The summed E-state index contributed by atoms with van der Waals surface area (Å²) in [6, 6.07) is 12.1. The number of carbonyl (C=O) groups is 2. The van der Waals surface area contributed by atoms with E-state index in [0.717, 1.165) is 18.4 Å². The fourth-order valence-corrected chi connectivity index (χ4v) is 4.78. The zero-order chi connectivity index (χ0) is 22.4. The molecule has 0 aromatic heterocycles. The van der Waals surface area contributed by atoms with Crippen LogP contribution in [-0.4, -0.2) is 43.8 Å². The van der Waals surface area contributed by atoms with Crippen LogP contribution in [0.1, 0.15) is 31.7 Å². The molecule has 31 heavy (non-hydrogen) atoms. The van der Waals surface area contributed by atoms with Crippen LogP contribution in [0, 0.1) is 5.82 Å². The number of sulfonamides is 1. The molecule has 9 heteroatoms. The average molecular weight is 449 g/mol. The number of hydrogen-bond donors (Lipinski definition) is 1. The minimum atomic E-state index is -3.47. The van der Waals surface area contributed by atoms with Crippen LogP contribution in [0.5, 0.6) is 0 Å². The lowest BCUT2D eigenvalue weighted by atomic mass is 10.1. The minimum Gasteiger partial charge on any atom is -0.453 e. The molecule has 0 spiro atoms. The quantitative estimate of drug-likeness (QED) is 0.627. The third kappa shape index (κ3) is 5.89. The van der Waals surface area contributed by atoms with E-state index in [1.807, 2.05) is 0 Å². The fraction of sp³-hybridized carbons (Fsp3) is 0.364. The van der Waals surface area contributed by atoms with Gasteiger partial charge in [-0.25, -0.2) is 12.8 Å². The van der Waals surface area contributed by atoms with Crippen LogP contribution >= 0.6 is 0 Å². The number of hydrogen-bond acceptors (Lipinski definition) is 5. The molecule has 1 heterocycles. The van der Waals surface area contributed by atoms with E-state index in [1.165, 1.54) is 29.4 Å². The van der Waals surface area contributed by atoms with E-state index in [9.17, 15) is 22.4 Å². The summed E-state index contributed by atoms with van der Waals surface area (Å²) < 4.78 is 45.3. The standard InChI is InChI=1S/C22H25FN2O5S/c1-16(22(27)24-20-7-3-2-6-19(20)23)30-21(26)13-10-17-8-11-18(12-9-17)31(28,29)25-14-4-5-15-25/h2-3,6-9,11-12,16H,4-5,10,13-15H2,1H3,(H,24,27). The molecule has 1 N–H and O–H groups in total. The smallest absolute Gasteiger partial charge is 0.306 e. The maximum Gasteiger partial charge on any atom is 0.306 e. The Kier molecular flexibility index (Phi) is 7.40. The second-order valence-electron chi connectivity index (χ2n) is 7.36. The number of rotatable bonds is 8. The van der Waals surface area contributed by atoms with Crippen molar-refractivity contribution in [1.82, 2.24) is 4.31 Å². The van der Waals surface area contributed by atoms with Crippen molar-refractivity contribution >= 4 is 27.6 Å². The van der Waals surface area contributed by atoms with Crippen molar-refractivity contribution in [2.75, 3.05) is 18.4 Å². The molecule has 2 aromatic carbocycles. The molecule has 1 atom stereocenters. The molecule has 2 aromatic rings. The third-order valence-electron chi connectivity index (χ3n) is 5.05. The summed E-state index contributed by atoms with van der Waals surface area (Å²) in [7, 11) is -3.47. The van der Waals surface area contributed by atoms with Crippen molar-refractivity contribution in [1.29, 1.82) is 0 Å². The van der Waals surface area contributed by atoms with E-state index in [0.29, 0.717) is 19.5 Å². The van der Waals surface area contributed by atoms with Crippen LogP contribution in [0.15, 0.2) is 53.4 Å². The number of nitrogens with one attached hydrogen (secondary N) is 1. The molecular weight excluding hydrogens is 423 g/mol. The normalized spacial score (nSPS) is 15.4. The second-order valence-corrected chi connectivity index (χ2v) is 9.29. The summed E-state index contributed by atoms with van der Waals surface area (Å²) in [5.74, 6) is -1.79. The number of aryl methyl sites for hydroxylation is 1. The number of halogens is 1. The van der Waals surface area contributed by atoms with Gasteiger partial charge in [-0.1, -0.05) is 24.3 Å². The van der Waals surface area contributed by atoms with Crippen molar-refractivity contribution < 1.29 is 27.1 Å². The largest absolute Gasteiger partial charge is 0.453 e. The van der Waals surface area contributed by atoms with Gasteiger partial charge in [-0.3, -0.25) is 9.59 Å². The lowest BCUT2D eigenvalue weighted by molar-refractivity contribution is -0.153. The summed E-state index contributed by atoms with van der Waals surface area (Å²) in [6.45, 7) is 2.49. The maximum atomic E-state index is 13.6. The van der Waals surface area contributed by atoms with E-state index in [2.05, 4.69) is 5.32 Å². The molecule has 1 aliphatic rings. The molecule has 1 unspecified atom stereocenters. The number of nitrogens with zero attached hydrogens (tertiary/aromatic N) is 1. The predicted molar refractivity (Wildman–Crippen MR) is 113 cm³/mol. The Balaban J connectivity index is 1.49. The number of para-hydroxylation sites is 1. The van der Waals surface area contributed by atoms with Crippen LogP contribution in [0.25, 0.3) is 0 Å². The molecule has 1 aliphatic heterocycles. The Morgan fingerprint density at radius 2 is 1.74 bits per heavy atom. The first-order valence-corrected chi connectivity index (χ1v) is 11.6. The molecule has 1 saturated heterocycles. The van der Waals surface area contributed by atoms with Gasteiger partial charge in [-0.2, -0.15) is 4.31 Å². The van der Waals surface area contributed by atoms with E-state index >= 15 is 0 Å². The zero-order valence-electron chi connectivity index (χ0n) is 17.2. The van der Waals surface area contributed by atoms with E-state index in [4.69, 9.17) is 4.74 Å². The summed E-state index contributed by atoms with van der Waals surface area (Å²) in [6.07, 6.45) is 1.02. The van der Waals surface area contributed by atoms with Gasteiger partial charge in [0.05, 0.1) is 10.6 Å². The molecular formula is C22H25FN2O5S. The van der Waals surface area contributed by atoms with Gasteiger partial charge in [-0.15, -0.1) is 0 Å². The summed E-state index contributed by atoms with van der Waals surface area (Å²) in [5.41, 5.74) is 0.792. The second kappa shape index (κ2) is 10.0. The van der Waals surface area contributed by atoms with Crippen molar-refractivity contribution in [3.63, 3.8) is 0 Å². The Morgan fingerprint density at radius 1 is 1.10 bits per heavy atom. The van der Waals surface area contributed by atoms with Gasteiger partial charge in [-0.05, 0) is 56.0 Å². The topological polar surface area (TPSA) is 92.8 Å². The highest BCUT2D eigenvalue weighted by atomic mass is 32.2. The molecule has 1 amide bonds. The first kappa shape index (κ1) is 22.9. The summed E-state index contributed by atoms with van der Waals surface area (Å²) in [5, 5.41) is 2.38. The van der Waals surface area contributed by atoms with E-state index in [-0.39, 0.29) is 17.0 Å². The highest BCUT2D eigenvalue weighted by molar-refractivity contribution is 7.89. The Bertz CT molecular complexity index is 1030. The molecule has 1 fully saturated rings. The van der Waals surface area contributed by atoms with Gasteiger partial charge in [0.2, 0.25) is 10.0 Å². The summed E-state index contributed by atoms with van der Waals surface area (Å²) >= 11 is 0. The molecule has 7 nitrogen and oxygen atoms in total. The molecule has 0 bridgehead atoms. The fourth-order valence-electron chi connectivity index (χ4n) is 3.26. The maximum absolute atomic E-state index is 13.6. The SMILES string of the molecule is CC(OC(=O)CCc1ccc(S(=O)(=O)N2CCCC2)cc1)C(=O)Nc1ccccc1F. The monoisotopic (exact) mass is 448 g/mol. The van der Waals surface area contributed by atoms with Crippen LogP contribution in [0.4, 0.5) is 10.1 Å². The first-order valence-electron chi connectivity index (χ1n) is 10.1.